The highest BCUT2D eigenvalue weighted by molar-refractivity contribution is 5.94. The molecule has 120 valence electrons. The summed E-state index contributed by atoms with van der Waals surface area (Å²) in [7, 11) is 0. The third-order valence-electron chi connectivity index (χ3n) is 3.07. The second-order valence-corrected chi connectivity index (χ2v) is 4.86. The number of hydrogen-bond donors (Lipinski definition) is 1. The van der Waals surface area contributed by atoms with Crippen LogP contribution in [-0.2, 0) is 9.53 Å². The van der Waals surface area contributed by atoms with Gasteiger partial charge in [0.15, 0.2) is 6.10 Å². The summed E-state index contributed by atoms with van der Waals surface area (Å²) in [6.07, 6.45) is -0.701. The van der Waals surface area contributed by atoms with E-state index in [-0.39, 0.29) is 5.91 Å². The van der Waals surface area contributed by atoms with Gasteiger partial charge in [-0.25, -0.2) is 4.79 Å². The first kappa shape index (κ1) is 16.5. The Labute approximate surface area is 135 Å². The molecule has 0 bridgehead atoms. The zero-order valence-electron chi connectivity index (χ0n) is 13.1. The van der Waals surface area contributed by atoms with Crippen molar-refractivity contribution in [3.8, 4) is 5.75 Å². The molecule has 2 aromatic rings. The van der Waals surface area contributed by atoms with E-state index in [1.54, 1.807) is 50.2 Å². The summed E-state index contributed by atoms with van der Waals surface area (Å²) >= 11 is 0. The van der Waals surface area contributed by atoms with Crippen molar-refractivity contribution < 1.29 is 19.1 Å². The lowest BCUT2D eigenvalue weighted by molar-refractivity contribution is -0.122. The predicted molar refractivity (Wildman–Crippen MR) is 87.6 cm³/mol. The van der Waals surface area contributed by atoms with Crippen molar-refractivity contribution in [1.29, 1.82) is 0 Å². The van der Waals surface area contributed by atoms with Gasteiger partial charge >= 0.3 is 5.97 Å². The number of carbonyl (C=O) groups excluding carboxylic acids is 2. The van der Waals surface area contributed by atoms with E-state index >= 15 is 0 Å². The SMILES string of the molecule is CCOC(=O)c1cccc(OC(C)C(=O)Nc2ccccc2)c1. The van der Waals surface area contributed by atoms with Crippen molar-refractivity contribution in [3.63, 3.8) is 0 Å². The van der Waals surface area contributed by atoms with Crippen LogP contribution in [0.4, 0.5) is 5.69 Å². The number of para-hydroxylation sites is 1. The standard InChI is InChI=1S/C18H19NO4/c1-3-22-18(21)14-8-7-11-16(12-14)23-13(2)17(20)19-15-9-5-4-6-10-15/h4-13H,3H2,1-2H3,(H,19,20). The van der Waals surface area contributed by atoms with Crippen LogP contribution in [0.5, 0.6) is 5.75 Å². The fourth-order valence-corrected chi connectivity index (χ4v) is 1.93. The molecule has 23 heavy (non-hydrogen) atoms. The third-order valence-corrected chi connectivity index (χ3v) is 3.07. The summed E-state index contributed by atoms with van der Waals surface area (Å²) in [5.41, 5.74) is 1.09. The van der Waals surface area contributed by atoms with Gasteiger partial charge in [-0.3, -0.25) is 4.79 Å². The Morgan fingerprint density at radius 1 is 1.09 bits per heavy atom. The van der Waals surface area contributed by atoms with Crippen LogP contribution < -0.4 is 10.1 Å². The van der Waals surface area contributed by atoms with Gasteiger partial charge < -0.3 is 14.8 Å². The molecule has 1 amide bonds. The lowest BCUT2D eigenvalue weighted by Crippen LogP contribution is -2.30. The Kier molecular flexibility index (Phi) is 5.74. The maximum atomic E-state index is 12.1. The van der Waals surface area contributed by atoms with E-state index < -0.39 is 12.1 Å². The minimum atomic E-state index is -0.701. The molecule has 5 heteroatoms. The van der Waals surface area contributed by atoms with E-state index in [4.69, 9.17) is 9.47 Å². The molecule has 0 aliphatic rings. The fraction of sp³-hybridized carbons (Fsp3) is 0.222. The van der Waals surface area contributed by atoms with Gasteiger partial charge in [-0.2, -0.15) is 0 Å². The van der Waals surface area contributed by atoms with Gasteiger partial charge in [0, 0.05) is 5.69 Å². The Bertz CT molecular complexity index is 670. The van der Waals surface area contributed by atoms with Gasteiger partial charge in [-0.05, 0) is 44.2 Å². The maximum absolute atomic E-state index is 12.1. The Hall–Kier alpha value is -2.82. The molecule has 0 saturated heterocycles. The first-order valence-electron chi connectivity index (χ1n) is 7.40. The van der Waals surface area contributed by atoms with Gasteiger partial charge in [0.05, 0.1) is 12.2 Å². The highest BCUT2D eigenvalue weighted by Gasteiger charge is 2.16. The van der Waals surface area contributed by atoms with E-state index in [0.29, 0.717) is 23.6 Å². The van der Waals surface area contributed by atoms with Crippen LogP contribution >= 0.6 is 0 Å². The monoisotopic (exact) mass is 313 g/mol. The van der Waals surface area contributed by atoms with Crippen LogP contribution in [0.1, 0.15) is 24.2 Å². The lowest BCUT2D eigenvalue weighted by atomic mass is 10.2. The Morgan fingerprint density at radius 3 is 2.52 bits per heavy atom. The number of benzene rings is 2. The van der Waals surface area contributed by atoms with Crippen molar-refractivity contribution in [3.05, 3.63) is 60.2 Å². The quantitative estimate of drug-likeness (QED) is 0.831. The summed E-state index contributed by atoms with van der Waals surface area (Å²) < 4.78 is 10.5. The average molecular weight is 313 g/mol. The molecule has 0 fully saturated rings. The van der Waals surface area contributed by atoms with Crippen LogP contribution in [0, 0.1) is 0 Å². The van der Waals surface area contributed by atoms with Gasteiger partial charge in [0.1, 0.15) is 5.75 Å². The number of amides is 1. The zero-order chi connectivity index (χ0) is 16.7. The second-order valence-electron chi connectivity index (χ2n) is 4.86. The number of anilines is 1. The van der Waals surface area contributed by atoms with E-state index in [0.717, 1.165) is 0 Å². The Morgan fingerprint density at radius 2 is 1.83 bits per heavy atom. The highest BCUT2D eigenvalue weighted by Crippen LogP contribution is 2.16. The van der Waals surface area contributed by atoms with E-state index in [9.17, 15) is 9.59 Å². The summed E-state index contributed by atoms with van der Waals surface area (Å²) in [4.78, 5) is 23.8. The molecule has 0 saturated carbocycles. The summed E-state index contributed by atoms with van der Waals surface area (Å²) in [5.74, 6) is -0.247. The molecule has 2 rings (SSSR count). The number of esters is 1. The molecule has 5 nitrogen and oxygen atoms in total. The molecular formula is C18H19NO4. The van der Waals surface area contributed by atoms with Gasteiger partial charge in [0.2, 0.25) is 0 Å². The van der Waals surface area contributed by atoms with Gasteiger partial charge in [0.25, 0.3) is 5.91 Å². The van der Waals surface area contributed by atoms with Crippen molar-refractivity contribution in [2.24, 2.45) is 0 Å². The first-order valence-corrected chi connectivity index (χ1v) is 7.40. The second kappa shape index (κ2) is 7.98. The Balaban J connectivity index is 1.99. The van der Waals surface area contributed by atoms with E-state index in [2.05, 4.69) is 5.32 Å². The van der Waals surface area contributed by atoms with Crippen LogP contribution in [0.25, 0.3) is 0 Å². The first-order chi connectivity index (χ1) is 11.1. The van der Waals surface area contributed by atoms with E-state index in [1.807, 2.05) is 18.2 Å². The molecular weight excluding hydrogens is 294 g/mol. The topological polar surface area (TPSA) is 64.6 Å². The number of ether oxygens (including phenoxy) is 2. The molecule has 0 heterocycles. The number of nitrogens with one attached hydrogen (secondary N) is 1. The van der Waals surface area contributed by atoms with Crippen LogP contribution in [-0.4, -0.2) is 24.6 Å². The van der Waals surface area contributed by atoms with Gasteiger partial charge in [-0.1, -0.05) is 24.3 Å². The summed E-state index contributed by atoms with van der Waals surface area (Å²) in [6, 6.07) is 15.7. The van der Waals surface area contributed by atoms with Crippen LogP contribution in [0.15, 0.2) is 54.6 Å². The maximum Gasteiger partial charge on any atom is 0.338 e. The molecule has 2 aromatic carbocycles. The van der Waals surface area contributed by atoms with E-state index in [1.165, 1.54) is 0 Å². The fourth-order valence-electron chi connectivity index (χ4n) is 1.93. The number of hydrogen-bond acceptors (Lipinski definition) is 4. The number of rotatable bonds is 6. The smallest absolute Gasteiger partial charge is 0.338 e. The number of carbonyl (C=O) groups is 2. The molecule has 0 aliphatic heterocycles. The van der Waals surface area contributed by atoms with Crippen molar-refractivity contribution in [2.45, 2.75) is 20.0 Å². The largest absolute Gasteiger partial charge is 0.481 e. The average Bonchev–Trinajstić information content (AvgIpc) is 2.56. The highest BCUT2D eigenvalue weighted by atomic mass is 16.5. The van der Waals surface area contributed by atoms with Crippen molar-refractivity contribution >= 4 is 17.6 Å². The zero-order valence-corrected chi connectivity index (χ0v) is 13.1. The third kappa shape index (κ3) is 4.85. The molecule has 0 aliphatic carbocycles. The molecule has 0 aromatic heterocycles. The normalized spacial score (nSPS) is 11.4. The molecule has 0 spiro atoms. The molecule has 1 atom stereocenters. The minimum absolute atomic E-state index is 0.266. The molecule has 1 unspecified atom stereocenters. The molecule has 1 N–H and O–H groups in total. The summed E-state index contributed by atoms with van der Waals surface area (Å²) in [6.45, 7) is 3.70. The molecule has 0 radical (unpaired) electrons. The van der Waals surface area contributed by atoms with Crippen LogP contribution in [0.3, 0.4) is 0 Å². The summed E-state index contributed by atoms with van der Waals surface area (Å²) in [5, 5.41) is 2.76. The minimum Gasteiger partial charge on any atom is -0.481 e. The van der Waals surface area contributed by atoms with Gasteiger partial charge in [-0.15, -0.1) is 0 Å². The lowest BCUT2D eigenvalue weighted by Gasteiger charge is -2.15. The van der Waals surface area contributed by atoms with Crippen LogP contribution in [0.2, 0.25) is 0 Å². The van der Waals surface area contributed by atoms with Crippen molar-refractivity contribution in [1.82, 2.24) is 0 Å². The predicted octanol–water partition coefficient (Wildman–Crippen LogP) is 3.27. The van der Waals surface area contributed by atoms with Crippen molar-refractivity contribution in [2.75, 3.05) is 11.9 Å².